The van der Waals surface area contributed by atoms with Crippen molar-refractivity contribution in [3.05, 3.63) is 95.0 Å². The normalized spacial score (nSPS) is 14.8. The van der Waals surface area contributed by atoms with Gasteiger partial charge in [0.05, 0.1) is 24.7 Å². The van der Waals surface area contributed by atoms with Crippen molar-refractivity contribution >= 4 is 11.6 Å². The zero-order valence-corrected chi connectivity index (χ0v) is 17.9. The van der Waals surface area contributed by atoms with Gasteiger partial charge in [-0.3, -0.25) is 9.88 Å². The molecule has 2 aromatic heterocycles. The molecule has 0 amide bonds. The number of fused-ring (bicyclic) bond motifs is 1. The Hall–Kier alpha value is -3.22. The van der Waals surface area contributed by atoms with Crippen LogP contribution in [0.2, 0.25) is 5.02 Å². The van der Waals surface area contributed by atoms with E-state index in [1.54, 1.807) is 19.5 Å². The predicted molar refractivity (Wildman–Crippen MR) is 120 cm³/mol. The van der Waals surface area contributed by atoms with Gasteiger partial charge >= 0.3 is 0 Å². The van der Waals surface area contributed by atoms with Crippen LogP contribution >= 0.6 is 11.6 Å². The molecule has 1 atom stereocenters. The second kappa shape index (κ2) is 8.49. The standard InChI is InChI=1S/C24H22ClN5O/c1-31-21-9-5-8-18(13-21)23(17-6-3-2-4-7-17)29-10-11-30-22(16-29)27-28-24(30)19-12-20(25)15-26-14-19/h2-9,12-15,23H,10-11,16H2,1H3. The molecule has 156 valence electrons. The average Bonchev–Trinajstić information content (AvgIpc) is 3.24. The highest BCUT2D eigenvalue weighted by Gasteiger charge is 2.29. The molecule has 0 spiro atoms. The lowest BCUT2D eigenvalue weighted by Gasteiger charge is -2.35. The molecule has 0 aliphatic carbocycles. The first-order valence-corrected chi connectivity index (χ1v) is 10.6. The first-order chi connectivity index (χ1) is 15.2. The van der Waals surface area contributed by atoms with Gasteiger partial charge in [0.1, 0.15) is 11.6 Å². The fourth-order valence-electron chi connectivity index (χ4n) is 4.21. The van der Waals surface area contributed by atoms with Crippen LogP contribution in [0, 0.1) is 0 Å². The molecule has 1 aliphatic heterocycles. The van der Waals surface area contributed by atoms with E-state index in [9.17, 15) is 0 Å². The number of benzene rings is 2. The Morgan fingerprint density at radius 2 is 1.77 bits per heavy atom. The second-order valence-electron chi connectivity index (χ2n) is 7.54. The highest BCUT2D eigenvalue weighted by atomic mass is 35.5. The van der Waals surface area contributed by atoms with Crippen molar-refractivity contribution < 1.29 is 4.74 Å². The van der Waals surface area contributed by atoms with Crippen molar-refractivity contribution in [2.24, 2.45) is 0 Å². The van der Waals surface area contributed by atoms with E-state index in [2.05, 4.69) is 61.0 Å². The van der Waals surface area contributed by atoms with Gasteiger partial charge in [0.25, 0.3) is 0 Å². The van der Waals surface area contributed by atoms with E-state index in [-0.39, 0.29) is 6.04 Å². The lowest BCUT2D eigenvalue weighted by Crippen LogP contribution is -2.37. The molecule has 3 heterocycles. The van der Waals surface area contributed by atoms with Gasteiger partial charge in [-0.1, -0.05) is 54.1 Å². The summed E-state index contributed by atoms with van der Waals surface area (Å²) < 4.78 is 7.65. The Bertz CT molecular complexity index is 1190. The third-order valence-corrected chi connectivity index (χ3v) is 5.84. The lowest BCUT2D eigenvalue weighted by atomic mass is 9.96. The van der Waals surface area contributed by atoms with Crippen LogP contribution in [0.1, 0.15) is 23.0 Å². The van der Waals surface area contributed by atoms with E-state index in [0.717, 1.165) is 36.1 Å². The zero-order valence-electron chi connectivity index (χ0n) is 17.1. The highest BCUT2D eigenvalue weighted by molar-refractivity contribution is 6.30. The third kappa shape index (κ3) is 3.92. The monoisotopic (exact) mass is 431 g/mol. The van der Waals surface area contributed by atoms with Gasteiger partial charge in [-0.25, -0.2) is 0 Å². The summed E-state index contributed by atoms with van der Waals surface area (Å²) in [5.41, 5.74) is 3.31. The summed E-state index contributed by atoms with van der Waals surface area (Å²) in [6, 6.07) is 20.8. The Kier molecular flexibility index (Phi) is 5.40. The third-order valence-electron chi connectivity index (χ3n) is 5.64. The Balaban J connectivity index is 1.50. The van der Waals surface area contributed by atoms with Crippen LogP contribution in [-0.4, -0.2) is 38.3 Å². The molecular weight excluding hydrogens is 410 g/mol. The van der Waals surface area contributed by atoms with Gasteiger partial charge in [-0.05, 0) is 29.3 Å². The maximum absolute atomic E-state index is 6.13. The van der Waals surface area contributed by atoms with Crippen molar-refractivity contribution in [3.63, 3.8) is 0 Å². The topological polar surface area (TPSA) is 56.1 Å². The van der Waals surface area contributed by atoms with Gasteiger partial charge in [-0.15, -0.1) is 10.2 Å². The fourth-order valence-corrected chi connectivity index (χ4v) is 4.38. The molecule has 0 saturated carbocycles. The minimum Gasteiger partial charge on any atom is -0.497 e. The molecular formula is C24H22ClN5O. The lowest BCUT2D eigenvalue weighted by molar-refractivity contribution is 0.176. The highest BCUT2D eigenvalue weighted by Crippen LogP contribution is 2.34. The first kappa shape index (κ1) is 19.7. The summed E-state index contributed by atoms with van der Waals surface area (Å²) in [7, 11) is 1.70. The van der Waals surface area contributed by atoms with Gasteiger partial charge in [0.2, 0.25) is 0 Å². The van der Waals surface area contributed by atoms with Gasteiger partial charge in [0, 0.05) is 31.0 Å². The van der Waals surface area contributed by atoms with E-state index in [1.807, 2.05) is 24.3 Å². The number of methoxy groups -OCH3 is 1. The molecule has 4 aromatic rings. The number of nitrogens with zero attached hydrogens (tertiary/aromatic N) is 5. The van der Waals surface area contributed by atoms with Crippen LogP contribution in [0.4, 0.5) is 0 Å². The summed E-state index contributed by atoms with van der Waals surface area (Å²) in [5.74, 6) is 2.60. The minimum absolute atomic E-state index is 0.0954. The van der Waals surface area contributed by atoms with E-state index in [4.69, 9.17) is 16.3 Å². The first-order valence-electron chi connectivity index (χ1n) is 10.2. The number of aromatic nitrogens is 4. The Morgan fingerprint density at radius 1 is 0.935 bits per heavy atom. The van der Waals surface area contributed by atoms with E-state index in [0.29, 0.717) is 11.6 Å². The van der Waals surface area contributed by atoms with Gasteiger partial charge < -0.3 is 9.30 Å². The summed E-state index contributed by atoms with van der Waals surface area (Å²) in [6.07, 6.45) is 3.40. The number of hydrogen-bond donors (Lipinski definition) is 0. The SMILES string of the molecule is COc1cccc(C(c2ccccc2)N2CCn3c(nnc3-c3cncc(Cl)c3)C2)c1. The van der Waals surface area contributed by atoms with Crippen LogP contribution in [0.25, 0.3) is 11.4 Å². The molecule has 31 heavy (non-hydrogen) atoms. The minimum atomic E-state index is 0.0954. The van der Waals surface area contributed by atoms with Crippen LogP contribution in [0.5, 0.6) is 5.75 Å². The quantitative estimate of drug-likeness (QED) is 0.462. The molecule has 6 nitrogen and oxygen atoms in total. The molecule has 0 bridgehead atoms. The average molecular weight is 432 g/mol. The van der Waals surface area contributed by atoms with E-state index in [1.165, 1.54) is 11.1 Å². The molecule has 0 saturated heterocycles. The van der Waals surface area contributed by atoms with Crippen LogP contribution in [-0.2, 0) is 13.1 Å². The van der Waals surface area contributed by atoms with E-state index < -0.39 is 0 Å². The van der Waals surface area contributed by atoms with Crippen molar-refractivity contribution in [2.45, 2.75) is 19.1 Å². The Labute approximate surface area is 186 Å². The molecule has 0 fully saturated rings. The van der Waals surface area contributed by atoms with Gasteiger partial charge in [0.15, 0.2) is 5.82 Å². The summed E-state index contributed by atoms with van der Waals surface area (Å²) in [6.45, 7) is 2.35. The second-order valence-corrected chi connectivity index (χ2v) is 7.98. The maximum Gasteiger partial charge on any atom is 0.165 e. The van der Waals surface area contributed by atoms with E-state index >= 15 is 0 Å². The summed E-state index contributed by atoms with van der Waals surface area (Å²) in [5, 5.41) is 9.53. The van der Waals surface area contributed by atoms with Crippen LogP contribution in [0.15, 0.2) is 73.1 Å². The predicted octanol–water partition coefficient (Wildman–Crippen LogP) is 4.61. The molecule has 1 unspecified atom stereocenters. The molecule has 0 N–H and O–H groups in total. The molecule has 1 aliphatic rings. The van der Waals surface area contributed by atoms with Crippen molar-refractivity contribution in [1.82, 2.24) is 24.6 Å². The molecule has 0 radical (unpaired) electrons. The number of rotatable bonds is 5. The summed E-state index contributed by atoms with van der Waals surface area (Å²) >= 11 is 6.13. The number of pyridine rings is 1. The van der Waals surface area contributed by atoms with Crippen molar-refractivity contribution in [3.8, 4) is 17.1 Å². The zero-order chi connectivity index (χ0) is 21.2. The molecule has 2 aromatic carbocycles. The molecule has 5 rings (SSSR count). The largest absolute Gasteiger partial charge is 0.497 e. The number of hydrogen-bond acceptors (Lipinski definition) is 5. The number of halogens is 1. The Morgan fingerprint density at radius 3 is 2.58 bits per heavy atom. The maximum atomic E-state index is 6.13. The summed E-state index contributed by atoms with van der Waals surface area (Å²) in [4.78, 5) is 6.63. The van der Waals surface area contributed by atoms with Crippen molar-refractivity contribution in [1.29, 1.82) is 0 Å². The van der Waals surface area contributed by atoms with Crippen LogP contribution < -0.4 is 4.74 Å². The van der Waals surface area contributed by atoms with Crippen molar-refractivity contribution in [2.75, 3.05) is 13.7 Å². The van der Waals surface area contributed by atoms with Crippen LogP contribution in [0.3, 0.4) is 0 Å². The molecule has 7 heteroatoms. The fraction of sp³-hybridized carbons (Fsp3) is 0.208. The smallest absolute Gasteiger partial charge is 0.165 e. The number of ether oxygens (including phenoxy) is 1. The van der Waals surface area contributed by atoms with Gasteiger partial charge in [-0.2, -0.15) is 0 Å².